The van der Waals surface area contributed by atoms with Crippen molar-refractivity contribution in [3.05, 3.63) is 28.2 Å². The molecule has 0 aliphatic carbocycles. The first-order chi connectivity index (χ1) is 8.76. The van der Waals surface area contributed by atoms with E-state index in [-0.39, 0.29) is 5.75 Å². The molecule has 1 rings (SSSR count). The molecule has 0 radical (unpaired) electrons. The first-order valence-electron chi connectivity index (χ1n) is 6.21. The second-order valence-electron chi connectivity index (χ2n) is 5.35. The number of amides is 1. The van der Waals surface area contributed by atoms with E-state index in [1.54, 1.807) is 12.1 Å². The molecule has 0 aromatic heterocycles. The molecule has 2 N–H and O–H groups in total. The second-order valence-corrected chi connectivity index (χ2v) is 6.27. The molecular formula is C14H20BrNO3. The summed E-state index contributed by atoms with van der Waals surface area (Å²) in [5.74, 6) is 0.240. The van der Waals surface area contributed by atoms with Crippen LogP contribution in [0.2, 0.25) is 0 Å². The van der Waals surface area contributed by atoms with Crippen molar-refractivity contribution in [2.24, 2.45) is 0 Å². The summed E-state index contributed by atoms with van der Waals surface area (Å²) in [5, 5.41) is 12.1. The molecule has 0 heterocycles. The van der Waals surface area contributed by atoms with Crippen LogP contribution >= 0.6 is 15.9 Å². The fourth-order valence-corrected chi connectivity index (χ4v) is 2.10. The zero-order valence-corrected chi connectivity index (χ0v) is 13.1. The van der Waals surface area contributed by atoms with E-state index < -0.39 is 11.7 Å². The lowest BCUT2D eigenvalue weighted by molar-refractivity contribution is 0.0527. The largest absolute Gasteiger partial charge is 0.508 e. The van der Waals surface area contributed by atoms with Crippen LogP contribution in [0.25, 0.3) is 0 Å². The number of ether oxygens (including phenoxy) is 1. The summed E-state index contributed by atoms with van der Waals surface area (Å²) in [6, 6.07) is 5.31. The van der Waals surface area contributed by atoms with Crippen molar-refractivity contribution in [3.63, 3.8) is 0 Å². The zero-order valence-electron chi connectivity index (χ0n) is 11.5. The minimum Gasteiger partial charge on any atom is -0.508 e. The number of phenolic OH excluding ortho intramolecular Hbond substituents is 1. The van der Waals surface area contributed by atoms with E-state index in [4.69, 9.17) is 4.74 Å². The summed E-state index contributed by atoms with van der Waals surface area (Å²) in [6.07, 6.45) is 1.17. The second kappa shape index (κ2) is 6.80. The van der Waals surface area contributed by atoms with E-state index in [1.165, 1.54) is 0 Å². The van der Waals surface area contributed by atoms with Crippen LogP contribution in [0.15, 0.2) is 22.7 Å². The summed E-state index contributed by atoms with van der Waals surface area (Å²) in [5.41, 5.74) is 0.554. The lowest BCUT2D eigenvalue weighted by Crippen LogP contribution is -2.33. The number of carbonyl (C=O) groups is 1. The van der Waals surface area contributed by atoms with Crippen LogP contribution in [0.5, 0.6) is 5.75 Å². The number of hydrogen-bond acceptors (Lipinski definition) is 3. The smallest absolute Gasteiger partial charge is 0.407 e. The number of hydrogen-bond donors (Lipinski definition) is 2. The monoisotopic (exact) mass is 329 g/mol. The number of aromatic hydroxyl groups is 1. The van der Waals surface area contributed by atoms with Crippen molar-refractivity contribution >= 4 is 22.0 Å². The fraction of sp³-hybridized carbons (Fsp3) is 0.500. The van der Waals surface area contributed by atoms with Crippen molar-refractivity contribution < 1.29 is 14.6 Å². The Morgan fingerprint density at radius 2 is 2.05 bits per heavy atom. The molecular weight excluding hydrogens is 310 g/mol. The van der Waals surface area contributed by atoms with Gasteiger partial charge in [-0.15, -0.1) is 0 Å². The van der Waals surface area contributed by atoms with E-state index in [2.05, 4.69) is 21.2 Å². The predicted octanol–water partition coefficient (Wildman–Crippen LogP) is 3.61. The van der Waals surface area contributed by atoms with Crippen LogP contribution in [0, 0.1) is 0 Å². The van der Waals surface area contributed by atoms with Crippen LogP contribution in [-0.2, 0) is 11.2 Å². The Hall–Kier alpha value is -1.23. The van der Waals surface area contributed by atoms with Gasteiger partial charge >= 0.3 is 6.09 Å². The van der Waals surface area contributed by atoms with Gasteiger partial charge in [0.05, 0.1) is 0 Å². The van der Waals surface area contributed by atoms with Gasteiger partial charge in [-0.2, -0.15) is 0 Å². The quantitative estimate of drug-likeness (QED) is 0.829. The number of nitrogens with one attached hydrogen (secondary N) is 1. The number of rotatable bonds is 4. The van der Waals surface area contributed by atoms with E-state index in [0.29, 0.717) is 6.54 Å². The molecule has 0 fully saturated rings. The Morgan fingerprint density at radius 1 is 1.37 bits per heavy atom. The highest BCUT2D eigenvalue weighted by Crippen LogP contribution is 2.20. The number of carbonyl (C=O) groups excluding carboxylic acids is 1. The number of phenols is 1. The molecule has 1 amide bonds. The summed E-state index contributed by atoms with van der Waals surface area (Å²) in [7, 11) is 0. The van der Waals surface area contributed by atoms with E-state index >= 15 is 0 Å². The van der Waals surface area contributed by atoms with E-state index in [9.17, 15) is 9.90 Å². The summed E-state index contributed by atoms with van der Waals surface area (Å²) in [4.78, 5) is 11.4. The minimum absolute atomic E-state index is 0.240. The first kappa shape index (κ1) is 15.8. The molecule has 1 aromatic rings. The molecule has 0 spiro atoms. The average molecular weight is 330 g/mol. The molecule has 0 bridgehead atoms. The van der Waals surface area contributed by atoms with E-state index in [1.807, 2.05) is 26.8 Å². The molecule has 0 atom stereocenters. The Labute approximate surface area is 122 Å². The van der Waals surface area contributed by atoms with Gasteiger partial charge in [-0.25, -0.2) is 4.79 Å². The van der Waals surface area contributed by atoms with Gasteiger partial charge in [-0.05, 0) is 57.4 Å². The zero-order chi connectivity index (χ0) is 14.5. The highest BCUT2D eigenvalue weighted by atomic mass is 79.9. The van der Waals surface area contributed by atoms with Gasteiger partial charge in [0.25, 0.3) is 0 Å². The maximum atomic E-state index is 11.4. The molecule has 0 saturated heterocycles. The first-order valence-corrected chi connectivity index (χ1v) is 7.01. The van der Waals surface area contributed by atoms with Crippen LogP contribution in [0.1, 0.15) is 32.8 Å². The Balaban J connectivity index is 2.29. The van der Waals surface area contributed by atoms with Crippen LogP contribution in [0.3, 0.4) is 0 Å². The minimum atomic E-state index is -0.472. The summed E-state index contributed by atoms with van der Waals surface area (Å²) >= 11 is 3.33. The number of alkyl carbamates (subject to hydrolysis) is 1. The SMILES string of the molecule is CC(C)(C)OC(=O)NCCCc1cc(O)cc(Br)c1. The van der Waals surface area contributed by atoms with Crippen molar-refractivity contribution in [1.82, 2.24) is 5.32 Å². The Bertz CT molecular complexity index is 421. The summed E-state index contributed by atoms with van der Waals surface area (Å²) < 4.78 is 5.98. The molecule has 0 unspecified atom stereocenters. The number of aryl methyl sites for hydroxylation is 1. The lowest BCUT2D eigenvalue weighted by atomic mass is 10.1. The van der Waals surface area contributed by atoms with Gasteiger partial charge < -0.3 is 15.2 Å². The van der Waals surface area contributed by atoms with Crippen molar-refractivity contribution in [2.75, 3.05) is 6.54 Å². The normalized spacial score (nSPS) is 11.2. The van der Waals surface area contributed by atoms with Gasteiger partial charge in [0.15, 0.2) is 0 Å². The third kappa shape index (κ3) is 7.06. The molecule has 5 heteroatoms. The van der Waals surface area contributed by atoms with Crippen LogP contribution < -0.4 is 5.32 Å². The molecule has 0 saturated carbocycles. The van der Waals surface area contributed by atoms with Crippen molar-refractivity contribution in [3.8, 4) is 5.75 Å². The van der Waals surface area contributed by atoms with Crippen molar-refractivity contribution in [2.45, 2.75) is 39.2 Å². The Kier molecular flexibility index (Phi) is 5.66. The molecule has 1 aromatic carbocycles. The predicted molar refractivity (Wildman–Crippen MR) is 78.4 cm³/mol. The van der Waals surface area contributed by atoms with Gasteiger partial charge in [0.1, 0.15) is 11.4 Å². The number of halogens is 1. The number of benzene rings is 1. The van der Waals surface area contributed by atoms with Gasteiger partial charge in [-0.1, -0.05) is 15.9 Å². The summed E-state index contributed by atoms with van der Waals surface area (Å²) in [6.45, 7) is 6.03. The topological polar surface area (TPSA) is 58.6 Å². The van der Waals surface area contributed by atoms with E-state index in [0.717, 1.165) is 22.9 Å². The van der Waals surface area contributed by atoms with Crippen LogP contribution in [0.4, 0.5) is 4.79 Å². The standard InChI is InChI=1S/C14H20BrNO3/c1-14(2,3)19-13(18)16-6-4-5-10-7-11(15)9-12(17)8-10/h7-9,17H,4-6H2,1-3H3,(H,16,18). The lowest BCUT2D eigenvalue weighted by Gasteiger charge is -2.19. The fourth-order valence-electron chi connectivity index (χ4n) is 1.57. The molecule has 0 aliphatic rings. The maximum Gasteiger partial charge on any atom is 0.407 e. The highest BCUT2D eigenvalue weighted by Gasteiger charge is 2.15. The van der Waals surface area contributed by atoms with Crippen LogP contribution in [-0.4, -0.2) is 23.3 Å². The molecule has 4 nitrogen and oxygen atoms in total. The van der Waals surface area contributed by atoms with Gasteiger partial charge in [-0.3, -0.25) is 0 Å². The molecule has 106 valence electrons. The third-order valence-corrected chi connectivity index (χ3v) is 2.71. The molecule has 19 heavy (non-hydrogen) atoms. The average Bonchev–Trinajstić information content (AvgIpc) is 2.20. The van der Waals surface area contributed by atoms with Gasteiger partial charge in [0, 0.05) is 11.0 Å². The third-order valence-electron chi connectivity index (χ3n) is 2.25. The van der Waals surface area contributed by atoms with Crippen molar-refractivity contribution in [1.29, 1.82) is 0 Å². The van der Waals surface area contributed by atoms with Gasteiger partial charge in [0.2, 0.25) is 0 Å². The molecule has 0 aliphatic heterocycles. The maximum absolute atomic E-state index is 11.4. The highest BCUT2D eigenvalue weighted by molar-refractivity contribution is 9.10. The Morgan fingerprint density at radius 3 is 2.63 bits per heavy atom.